The molecule has 0 bridgehead atoms. The summed E-state index contributed by atoms with van der Waals surface area (Å²) in [7, 11) is 0. The van der Waals surface area contributed by atoms with E-state index in [0.717, 1.165) is 12.0 Å². The van der Waals surface area contributed by atoms with Gasteiger partial charge in [0.15, 0.2) is 6.29 Å². The molecule has 0 aromatic carbocycles. The molecule has 0 N–H and O–H groups in total. The third-order valence-electron chi connectivity index (χ3n) is 2.55. The Kier molecular flexibility index (Phi) is 1.45. The monoisotopic (exact) mass is 187 g/mol. The molecule has 70 valence electrons. The van der Waals surface area contributed by atoms with Gasteiger partial charge in [0.2, 0.25) is 5.78 Å². The molecule has 2 heterocycles. The van der Waals surface area contributed by atoms with Crippen molar-refractivity contribution in [3.05, 3.63) is 29.8 Å². The summed E-state index contributed by atoms with van der Waals surface area (Å²) in [5, 5.41) is 0. The molecule has 14 heavy (non-hydrogen) atoms. The highest BCUT2D eigenvalue weighted by Crippen LogP contribution is 2.38. The summed E-state index contributed by atoms with van der Waals surface area (Å²) >= 11 is 0. The zero-order chi connectivity index (χ0) is 9.54. The SMILES string of the molecule is O=Cc1cnc2nc(C3CC3)ccn12. The Morgan fingerprint density at radius 3 is 3.07 bits per heavy atom. The number of fused-ring (bicyclic) bond motifs is 1. The smallest absolute Gasteiger partial charge is 0.234 e. The second kappa shape index (κ2) is 2.64. The van der Waals surface area contributed by atoms with E-state index < -0.39 is 0 Å². The molecule has 1 fully saturated rings. The normalized spacial score (nSPS) is 16.0. The second-order valence-electron chi connectivity index (χ2n) is 3.60. The molecule has 0 atom stereocenters. The van der Waals surface area contributed by atoms with E-state index in [4.69, 9.17) is 0 Å². The summed E-state index contributed by atoms with van der Waals surface area (Å²) in [6, 6.07) is 1.97. The molecule has 0 radical (unpaired) electrons. The minimum atomic E-state index is 0.551. The average Bonchev–Trinajstić information content (AvgIpc) is 2.98. The van der Waals surface area contributed by atoms with Crippen LogP contribution in [0.4, 0.5) is 0 Å². The van der Waals surface area contributed by atoms with Crippen molar-refractivity contribution in [1.82, 2.24) is 14.4 Å². The summed E-state index contributed by atoms with van der Waals surface area (Å²) in [6.45, 7) is 0. The predicted octanol–water partition coefficient (Wildman–Crippen LogP) is 1.42. The number of carbonyl (C=O) groups excluding carboxylic acids is 1. The Morgan fingerprint density at radius 1 is 1.50 bits per heavy atom. The first kappa shape index (κ1) is 7.67. The standard InChI is InChI=1S/C10H9N3O/c14-6-8-5-11-10-12-9(7-1-2-7)3-4-13(8)10/h3-7H,1-2H2. The molecule has 0 saturated heterocycles. The van der Waals surface area contributed by atoms with Gasteiger partial charge in [0, 0.05) is 17.8 Å². The maximum atomic E-state index is 10.6. The molecule has 4 heteroatoms. The molecule has 1 aliphatic carbocycles. The van der Waals surface area contributed by atoms with E-state index in [-0.39, 0.29) is 0 Å². The van der Waals surface area contributed by atoms with Crippen LogP contribution >= 0.6 is 0 Å². The lowest BCUT2D eigenvalue weighted by atomic mass is 10.3. The molecule has 0 amide bonds. The van der Waals surface area contributed by atoms with Gasteiger partial charge in [-0.05, 0) is 18.9 Å². The molecule has 0 unspecified atom stereocenters. The van der Waals surface area contributed by atoms with Crippen molar-refractivity contribution in [3.8, 4) is 0 Å². The van der Waals surface area contributed by atoms with Crippen LogP contribution in [0.15, 0.2) is 18.5 Å². The molecule has 0 spiro atoms. The number of hydrogen-bond donors (Lipinski definition) is 0. The van der Waals surface area contributed by atoms with Gasteiger partial charge in [0.05, 0.1) is 6.20 Å². The van der Waals surface area contributed by atoms with E-state index in [1.807, 2.05) is 12.3 Å². The van der Waals surface area contributed by atoms with Crippen LogP contribution in [-0.2, 0) is 0 Å². The van der Waals surface area contributed by atoms with Crippen molar-refractivity contribution in [2.75, 3.05) is 0 Å². The number of carbonyl (C=O) groups is 1. The molecule has 4 nitrogen and oxygen atoms in total. The fourth-order valence-corrected chi connectivity index (χ4v) is 1.60. The maximum Gasteiger partial charge on any atom is 0.234 e. The number of rotatable bonds is 2. The Labute approximate surface area is 80.6 Å². The van der Waals surface area contributed by atoms with Gasteiger partial charge in [-0.2, -0.15) is 0 Å². The van der Waals surface area contributed by atoms with Gasteiger partial charge in [0.25, 0.3) is 0 Å². The lowest BCUT2D eigenvalue weighted by Gasteiger charge is -1.98. The van der Waals surface area contributed by atoms with E-state index in [1.54, 1.807) is 10.6 Å². The van der Waals surface area contributed by atoms with Gasteiger partial charge in [-0.15, -0.1) is 0 Å². The zero-order valence-electron chi connectivity index (χ0n) is 7.55. The van der Waals surface area contributed by atoms with E-state index in [9.17, 15) is 4.79 Å². The molecule has 2 aromatic rings. The van der Waals surface area contributed by atoms with Crippen LogP contribution in [0.3, 0.4) is 0 Å². The fourth-order valence-electron chi connectivity index (χ4n) is 1.60. The van der Waals surface area contributed by atoms with E-state index >= 15 is 0 Å². The number of aromatic nitrogens is 3. The third-order valence-corrected chi connectivity index (χ3v) is 2.55. The van der Waals surface area contributed by atoms with Crippen molar-refractivity contribution >= 4 is 12.1 Å². The summed E-state index contributed by atoms with van der Waals surface area (Å²) in [5.74, 6) is 1.24. The molecule has 0 aliphatic heterocycles. The van der Waals surface area contributed by atoms with Crippen molar-refractivity contribution in [1.29, 1.82) is 0 Å². The molecular weight excluding hydrogens is 178 g/mol. The Bertz CT molecular complexity index is 499. The Hall–Kier alpha value is -1.71. The molecule has 3 rings (SSSR count). The second-order valence-corrected chi connectivity index (χ2v) is 3.60. The largest absolute Gasteiger partial charge is 0.296 e. The fraction of sp³-hybridized carbons (Fsp3) is 0.300. The number of aldehydes is 1. The highest BCUT2D eigenvalue weighted by atomic mass is 16.1. The number of nitrogens with zero attached hydrogens (tertiary/aromatic N) is 3. The number of imidazole rings is 1. The van der Waals surface area contributed by atoms with Crippen molar-refractivity contribution in [2.24, 2.45) is 0 Å². The first-order valence-corrected chi connectivity index (χ1v) is 4.67. The van der Waals surface area contributed by atoms with E-state index in [2.05, 4.69) is 9.97 Å². The van der Waals surface area contributed by atoms with Gasteiger partial charge < -0.3 is 0 Å². The highest BCUT2D eigenvalue weighted by molar-refractivity contribution is 5.73. The first-order valence-electron chi connectivity index (χ1n) is 4.67. The molecule has 1 aliphatic rings. The summed E-state index contributed by atoms with van der Waals surface area (Å²) < 4.78 is 1.71. The molecule has 1 saturated carbocycles. The minimum Gasteiger partial charge on any atom is -0.296 e. The Morgan fingerprint density at radius 2 is 2.36 bits per heavy atom. The van der Waals surface area contributed by atoms with Crippen LogP contribution in [0.5, 0.6) is 0 Å². The topological polar surface area (TPSA) is 47.3 Å². The van der Waals surface area contributed by atoms with Crippen LogP contribution in [-0.4, -0.2) is 20.7 Å². The van der Waals surface area contributed by atoms with Gasteiger partial charge in [-0.3, -0.25) is 9.20 Å². The van der Waals surface area contributed by atoms with Gasteiger partial charge in [-0.25, -0.2) is 9.97 Å². The van der Waals surface area contributed by atoms with Crippen molar-refractivity contribution < 1.29 is 4.79 Å². The van der Waals surface area contributed by atoms with E-state index in [0.29, 0.717) is 17.4 Å². The summed E-state index contributed by atoms with van der Waals surface area (Å²) in [4.78, 5) is 19.1. The quantitative estimate of drug-likeness (QED) is 0.668. The predicted molar refractivity (Wildman–Crippen MR) is 50.3 cm³/mol. The minimum absolute atomic E-state index is 0.551. The molecular formula is C10H9N3O. The highest BCUT2D eigenvalue weighted by Gasteiger charge is 2.25. The summed E-state index contributed by atoms with van der Waals surface area (Å²) in [5.41, 5.74) is 1.65. The Balaban J connectivity index is 2.19. The van der Waals surface area contributed by atoms with Crippen LogP contribution in [0.2, 0.25) is 0 Å². The van der Waals surface area contributed by atoms with E-state index in [1.165, 1.54) is 12.8 Å². The van der Waals surface area contributed by atoms with Gasteiger partial charge >= 0.3 is 0 Å². The van der Waals surface area contributed by atoms with Crippen LogP contribution in [0.1, 0.15) is 34.9 Å². The lowest BCUT2D eigenvalue weighted by Crippen LogP contribution is -1.95. The molecule has 2 aromatic heterocycles. The average molecular weight is 187 g/mol. The maximum absolute atomic E-state index is 10.6. The number of hydrogen-bond acceptors (Lipinski definition) is 3. The van der Waals surface area contributed by atoms with Gasteiger partial charge in [0.1, 0.15) is 5.69 Å². The first-order chi connectivity index (χ1) is 6.88. The lowest BCUT2D eigenvalue weighted by molar-refractivity contribution is 0.111. The van der Waals surface area contributed by atoms with Gasteiger partial charge in [-0.1, -0.05) is 0 Å². The van der Waals surface area contributed by atoms with Crippen LogP contribution < -0.4 is 0 Å². The third kappa shape index (κ3) is 1.04. The van der Waals surface area contributed by atoms with Crippen LogP contribution in [0.25, 0.3) is 5.78 Å². The van der Waals surface area contributed by atoms with Crippen molar-refractivity contribution in [3.63, 3.8) is 0 Å². The van der Waals surface area contributed by atoms with Crippen LogP contribution in [0, 0.1) is 0 Å². The van der Waals surface area contributed by atoms with Crippen molar-refractivity contribution in [2.45, 2.75) is 18.8 Å². The summed E-state index contributed by atoms with van der Waals surface area (Å²) in [6.07, 6.45) is 6.66. The zero-order valence-corrected chi connectivity index (χ0v) is 7.55.